The smallest absolute Gasteiger partial charge is 0.224 e. The number of benzene rings is 1. The molecule has 7 heteroatoms. The van der Waals surface area contributed by atoms with Crippen LogP contribution in [-0.4, -0.2) is 34.2 Å². The third-order valence-electron chi connectivity index (χ3n) is 3.64. The van der Waals surface area contributed by atoms with E-state index < -0.39 is 0 Å². The van der Waals surface area contributed by atoms with Gasteiger partial charge in [0, 0.05) is 17.7 Å². The molecule has 1 saturated heterocycles. The first-order valence-electron chi connectivity index (χ1n) is 7.21. The summed E-state index contributed by atoms with van der Waals surface area (Å²) in [6.45, 7) is 3.80. The van der Waals surface area contributed by atoms with Gasteiger partial charge in [0.25, 0.3) is 0 Å². The Labute approximate surface area is 135 Å². The highest BCUT2D eigenvalue weighted by molar-refractivity contribution is 5.91. The Morgan fingerprint density at radius 2 is 2.32 bits per heavy atom. The summed E-state index contributed by atoms with van der Waals surface area (Å²) in [7, 11) is 0. The van der Waals surface area contributed by atoms with Gasteiger partial charge in [0.15, 0.2) is 5.82 Å². The Morgan fingerprint density at radius 1 is 1.45 bits per heavy atom. The van der Waals surface area contributed by atoms with E-state index in [0.717, 1.165) is 36.6 Å². The minimum Gasteiger partial charge on any atom is -0.326 e. The summed E-state index contributed by atoms with van der Waals surface area (Å²) in [5.74, 6) is 1.92. The molecule has 6 nitrogen and oxygen atoms in total. The molecule has 1 atom stereocenters. The predicted octanol–water partition coefficient (Wildman–Crippen LogP) is 2.14. The fourth-order valence-corrected chi connectivity index (χ4v) is 2.57. The lowest BCUT2D eigenvalue weighted by atomic mass is 10.0. The molecule has 1 amide bonds. The molecule has 0 bridgehead atoms. The normalized spacial score (nSPS) is 17.0. The molecule has 1 aliphatic rings. The van der Waals surface area contributed by atoms with E-state index in [2.05, 4.69) is 25.8 Å². The van der Waals surface area contributed by atoms with Crippen LogP contribution in [0.3, 0.4) is 0 Å². The molecular weight excluding hydrogens is 302 g/mol. The van der Waals surface area contributed by atoms with Crippen LogP contribution in [0.2, 0.25) is 0 Å². The lowest BCUT2D eigenvalue weighted by Gasteiger charge is -2.09. The topological polar surface area (TPSA) is 82.7 Å². The van der Waals surface area contributed by atoms with Crippen molar-refractivity contribution in [3.63, 3.8) is 0 Å². The zero-order valence-electron chi connectivity index (χ0n) is 12.4. The predicted molar refractivity (Wildman–Crippen MR) is 88.0 cm³/mol. The van der Waals surface area contributed by atoms with Gasteiger partial charge in [-0.15, -0.1) is 12.4 Å². The van der Waals surface area contributed by atoms with Crippen LogP contribution < -0.4 is 10.6 Å². The molecule has 1 fully saturated rings. The maximum atomic E-state index is 12.0. The average molecular weight is 322 g/mol. The first kappa shape index (κ1) is 16.5. The fourth-order valence-electron chi connectivity index (χ4n) is 2.57. The Bertz CT molecular complexity index is 636. The van der Waals surface area contributed by atoms with Crippen molar-refractivity contribution in [3.8, 4) is 11.4 Å². The molecule has 0 spiro atoms. The van der Waals surface area contributed by atoms with Gasteiger partial charge >= 0.3 is 0 Å². The molecule has 1 aromatic carbocycles. The van der Waals surface area contributed by atoms with E-state index in [1.54, 1.807) is 0 Å². The number of aromatic nitrogens is 3. The van der Waals surface area contributed by atoms with Gasteiger partial charge in [0.05, 0.1) is 0 Å². The maximum Gasteiger partial charge on any atom is 0.224 e. The summed E-state index contributed by atoms with van der Waals surface area (Å²) >= 11 is 0. The lowest BCUT2D eigenvalue weighted by Crippen LogP contribution is -2.18. The van der Waals surface area contributed by atoms with E-state index in [1.165, 1.54) is 0 Å². The first-order valence-corrected chi connectivity index (χ1v) is 7.21. The number of rotatable bonds is 4. The van der Waals surface area contributed by atoms with Gasteiger partial charge < -0.3 is 10.6 Å². The van der Waals surface area contributed by atoms with Gasteiger partial charge in [-0.05, 0) is 44.5 Å². The number of nitrogens with zero attached hydrogens (tertiary/aromatic N) is 2. The molecule has 22 heavy (non-hydrogen) atoms. The Kier molecular flexibility index (Phi) is 5.51. The van der Waals surface area contributed by atoms with E-state index in [4.69, 9.17) is 0 Å². The fraction of sp³-hybridized carbons (Fsp3) is 0.400. The number of hydrogen-bond donors (Lipinski definition) is 3. The summed E-state index contributed by atoms with van der Waals surface area (Å²) < 4.78 is 0. The van der Waals surface area contributed by atoms with Gasteiger partial charge in [-0.25, -0.2) is 4.98 Å². The molecule has 3 N–H and O–H groups in total. The lowest BCUT2D eigenvalue weighted by molar-refractivity contribution is -0.116. The highest BCUT2D eigenvalue weighted by atomic mass is 35.5. The molecule has 0 aliphatic carbocycles. The van der Waals surface area contributed by atoms with Crippen LogP contribution in [0, 0.1) is 12.8 Å². The third-order valence-corrected chi connectivity index (χ3v) is 3.64. The van der Waals surface area contributed by atoms with Crippen molar-refractivity contribution in [2.45, 2.75) is 19.8 Å². The minimum absolute atomic E-state index is 0. The summed E-state index contributed by atoms with van der Waals surface area (Å²) in [4.78, 5) is 16.3. The van der Waals surface area contributed by atoms with E-state index >= 15 is 0 Å². The Morgan fingerprint density at radius 3 is 3.00 bits per heavy atom. The summed E-state index contributed by atoms with van der Waals surface area (Å²) in [6.07, 6.45) is 1.64. The van der Waals surface area contributed by atoms with Crippen molar-refractivity contribution in [2.24, 2.45) is 5.92 Å². The number of halogens is 1. The number of amides is 1. The van der Waals surface area contributed by atoms with Crippen molar-refractivity contribution in [1.29, 1.82) is 0 Å². The standard InChI is InChI=1S/C15H19N5O.ClH/c1-10-17-15(20-19-10)12-3-2-4-13(8-12)18-14(21)7-11-5-6-16-9-11;/h2-4,8,11,16H,5-7,9H2,1H3,(H,18,21)(H,17,19,20);1H. The quantitative estimate of drug-likeness (QED) is 0.805. The molecule has 1 unspecified atom stereocenters. The number of aryl methyl sites for hydroxylation is 1. The van der Waals surface area contributed by atoms with E-state index in [1.807, 2.05) is 31.2 Å². The van der Waals surface area contributed by atoms with E-state index in [0.29, 0.717) is 18.2 Å². The number of aromatic amines is 1. The van der Waals surface area contributed by atoms with Crippen LogP contribution in [0.4, 0.5) is 5.69 Å². The van der Waals surface area contributed by atoms with Gasteiger partial charge in [-0.1, -0.05) is 12.1 Å². The van der Waals surface area contributed by atoms with Gasteiger partial charge in [0.1, 0.15) is 5.82 Å². The van der Waals surface area contributed by atoms with Crippen LogP contribution in [0.5, 0.6) is 0 Å². The van der Waals surface area contributed by atoms with E-state index in [9.17, 15) is 4.79 Å². The summed E-state index contributed by atoms with van der Waals surface area (Å²) in [5, 5.41) is 13.2. The van der Waals surface area contributed by atoms with Crippen LogP contribution >= 0.6 is 12.4 Å². The highest BCUT2D eigenvalue weighted by Gasteiger charge is 2.18. The van der Waals surface area contributed by atoms with E-state index in [-0.39, 0.29) is 18.3 Å². The number of nitrogens with one attached hydrogen (secondary N) is 3. The Hall–Kier alpha value is -1.92. The van der Waals surface area contributed by atoms with Crippen LogP contribution in [0.1, 0.15) is 18.7 Å². The zero-order valence-corrected chi connectivity index (χ0v) is 13.2. The van der Waals surface area contributed by atoms with Gasteiger partial charge in [-0.2, -0.15) is 5.10 Å². The number of H-pyrrole nitrogens is 1. The SMILES string of the molecule is Cc1nc(-c2cccc(NC(=O)CC3CCNC3)c2)n[nH]1.Cl. The third kappa shape index (κ3) is 4.05. The van der Waals surface area contributed by atoms with Crippen molar-refractivity contribution in [2.75, 3.05) is 18.4 Å². The molecule has 2 heterocycles. The largest absolute Gasteiger partial charge is 0.326 e. The van der Waals surface area contributed by atoms with Crippen molar-refractivity contribution in [3.05, 3.63) is 30.1 Å². The van der Waals surface area contributed by atoms with Crippen molar-refractivity contribution < 1.29 is 4.79 Å². The zero-order chi connectivity index (χ0) is 14.7. The molecule has 0 radical (unpaired) electrons. The second-order valence-corrected chi connectivity index (χ2v) is 5.44. The van der Waals surface area contributed by atoms with Gasteiger partial charge in [-0.3, -0.25) is 9.89 Å². The molecule has 1 aromatic heterocycles. The summed E-state index contributed by atoms with van der Waals surface area (Å²) in [5.41, 5.74) is 1.67. The number of hydrogen-bond acceptors (Lipinski definition) is 4. The van der Waals surface area contributed by atoms with Crippen LogP contribution in [0.15, 0.2) is 24.3 Å². The number of carbonyl (C=O) groups is 1. The molecule has 1 aliphatic heterocycles. The second kappa shape index (κ2) is 7.38. The average Bonchev–Trinajstić information content (AvgIpc) is 3.10. The monoisotopic (exact) mass is 321 g/mol. The Balaban J connectivity index is 0.00000176. The van der Waals surface area contributed by atoms with Crippen molar-refractivity contribution in [1.82, 2.24) is 20.5 Å². The molecule has 118 valence electrons. The minimum atomic E-state index is 0. The number of anilines is 1. The van der Waals surface area contributed by atoms with Crippen molar-refractivity contribution >= 4 is 24.0 Å². The second-order valence-electron chi connectivity index (χ2n) is 5.44. The summed E-state index contributed by atoms with van der Waals surface area (Å²) in [6, 6.07) is 7.61. The van der Waals surface area contributed by atoms with Gasteiger partial charge in [0.2, 0.25) is 5.91 Å². The van der Waals surface area contributed by atoms with Crippen LogP contribution in [-0.2, 0) is 4.79 Å². The molecule has 3 rings (SSSR count). The maximum absolute atomic E-state index is 12.0. The molecular formula is C15H20ClN5O. The van der Waals surface area contributed by atoms with Crippen LogP contribution in [0.25, 0.3) is 11.4 Å². The molecule has 2 aromatic rings. The molecule has 0 saturated carbocycles. The first-order chi connectivity index (χ1) is 10.2. The highest BCUT2D eigenvalue weighted by Crippen LogP contribution is 2.20. The number of carbonyl (C=O) groups excluding carboxylic acids is 1.